The first-order chi connectivity index (χ1) is 21.8. The molecule has 0 N–H and O–H groups in total. The Morgan fingerprint density at radius 3 is 0.636 bits per heavy atom. The molecule has 0 bridgehead atoms. The van der Waals surface area contributed by atoms with Gasteiger partial charge in [-0.3, -0.25) is 0 Å². The summed E-state index contributed by atoms with van der Waals surface area (Å²) in [5.41, 5.74) is 12.4. The first kappa shape index (κ1) is 25.9. The summed E-state index contributed by atoms with van der Waals surface area (Å²) in [4.78, 5) is 0. The Morgan fingerprint density at radius 2 is 0.364 bits per heavy atom. The smallest absolute Gasteiger partial charge is 0.00264 e. The lowest BCUT2D eigenvalue weighted by atomic mass is 9.85. The van der Waals surface area contributed by atoms with Gasteiger partial charge in [-0.05, 0) is 77.2 Å². The highest BCUT2D eigenvalue weighted by Gasteiger charge is 2.16. The first-order valence-corrected chi connectivity index (χ1v) is 15.2. The lowest BCUT2D eigenvalue weighted by molar-refractivity contribution is 1.58. The predicted octanol–water partition coefficient (Wildman–Crippen LogP) is 12.3. The van der Waals surface area contributed by atoms with Gasteiger partial charge in [-0.25, -0.2) is 0 Å². The molecule has 8 rings (SSSR count). The number of hydrogen-bond donors (Lipinski definition) is 0. The number of hydrogen-bond acceptors (Lipinski definition) is 0. The molecule has 0 aliphatic heterocycles. The van der Waals surface area contributed by atoms with E-state index >= 15 is 0 Å². The van der Waals surface area contributed by atoms with Crippen LogP contribution in [-0.2, 0) is 0 Å². The van der Waals surface area contributed by atoms with Gasteiger partial charge in [0.05, 0.1) is 0 Å². The summed E-state index contributed by atoms with van der Waals surface area (Å²) in [7, 11) is 0. The van der Waals surface area contributed by atoms with Crippen LogP contribution in [0.15, 0.2) is 182 Å². The van der Waals surface area contributed by atoms with E-state index < -0.39 is 0 Å². The van der Waals surface area contributed by atoms with Crippen molar-refractivity contribution in [2.45, 2.75) is 0 Å². The SMILES string of the molecule is c1ccc(-c2ccc(-c3ccc(-c4c5ccccc5c(-c5ccc(-c6ccccc6)cc5)c5ccccc45)cc3)cc2)cc1. The molecular weight excluding hydrogens is 528 g/mol. The Kier molecular flexibility index (Phi) is 6.59. The predicted molar refractivity (Wildman–Crippen MR) is 189 cm³/mol. The molecule has 8 aromatic rings. The third-order valence-electron chi connectivity index (χ3n) is 8.71. The topological polar surface area (TPSA) is 0 Å². The van der Waals surface area contributed by atoms with Crippen LogP contribution in [0.1, 0.15) is 0 Å². The fourth-order valence-electron chi connectivity index (χ4n) is 6.53. The van der Waals surface area contributed by atoms with Crippen molar-refractivity contribution in [2.75, 3.05) is 0 Å². The maximum Gasteiger partial charge on any atom is -0.00264 e. The second kappa shape index (κ2) is 11.2. The number of fused-ring (bicyclic) bond motifs is 2. The normalized spacial score (nSPS) is 11.2. The maximum atomic E-state index is 2.28. The van der Waals surface area contributed by atoms with E-state index in [-0.39, 0.29) is 0 Å². The van der Waals surface area contributed by atoms with E-state index in [1.165, 1.54) is 77.2 Å². The minimum Gasteiger partial charge on any atom is -0.0622 e. The lowest BCUT2D eigenvalue weighted by Gasteiger charge is -2.18. The van der Waals surface area contributed by atoms with Crippen LogP contribution in [-0.4, -0.2) is 0 Å². The quantitative estimate of drug-likeness (QED) is 0.184. The van der Waals surface area contributed by atoms with Crippen LogP contribution >= 0.6 is 0 Å². The second-order valence-electron chi connectivity index (χ2n) is 11.3. The third-order valence-corrected chi connectivity index (χ3v) is 8.71. The lowest BCUT2D eigenvalue weighted by Crippen LogP contribution is -1.91. The van der Waals surface area contributed by atoms with Gasteiger partial charge >= 0.3 is 0 Å². The minimum atomic E-state index is 1.22. The summed E-state index contributed by atoms with van der Waals surface area (Å²) in [5, 5.41) is 5.09. The van der Waals surface area contributed by atoms with Crippen LogP contribution in [0.4, 0.5) is 0 Å². The van der Waals surface area contributed by atoms with E-state index in [1.54, 1.807) is 0 Å². The van der Waals surface area contributed by atoms with Gasteiger partial charge in [0, 0.05) is 0 Å². The van der Waals surface area contributed by atoms with Gasteiger partial charge in [-0.1, -0.05) is 182 Å². The molecule has 0 fully saturated rings. The van der Waals surface area contributed by atoms with E-state index in [9.17, 15) is 0 Å². The van der Waals surface area contributed by atoms with Gasteiger partial charge in [0.25, 0.3) is 0 Å². The molecule has 0 aliphatic carbocycles. The molecule has 0 aromatic heterocycles. The van der Waals surface area contributed by atoms with E-state index in [1.807, 2.05) is 0 Å². The summed E-state index contributed by atoms with van der Waals surface area (Å²) in [6, 6.07) is 65.8. The molecule has 0 saturated heterocycles. The average molecular weight is 559 g/mol. The Balaban J connectivity index is 1.22. The monoisotopic (exact) mass is 558 g/mol. The van der Waals surface area contributed by atoms with Gasteiger partial charge in [0.1, 0.15) is 0 Å². The second-order valence-corrected chi connectivity index (χ2v) is 11.3. The molecule has 0 heteroatoms. The van der Waals surface area contributed by atoms with Gasteiger partial charge in [-0.2, -0.15) is 0 Å². The fourth-order valence-corrected chi connectivity index (χ4v) is 6.53. The van der Waals surface area contributed by atoms with Gasteiger partial charge in [0.15, 0.2) is 0 Å². The molecule has 0 saturated carbocycles. The molecule has 0 amide bonds. The minimum absolute atomic E-state index is 1.22. The van der Waals surface area contributed by atoms with Gasteiger partial charge < -0.3 is 0 Å². The number of rotatable bonds is 5. The van der Waals surface area contributed by atoms with E-state index in [0.717, 1.165) is 0 Å². The molecule has 8 aromatic carbocycles. The highest BCUT2D eigenvalue weighted by molar-refractivity contribution is 6.21. The van der Waals surface area contributed by atoms with Crippen molar-refractivity contribution in [1.82, 2.24) is 0 Å². The molecule has 0 radical (unpaired) electrons. The summed E-state index contributed by atoms with van der Waals surface area (Å²) < 4.78 is 0. The Morgan fingerprint density at radius 1 is 0.159 bits per heavy atom. The van der Waals surface area contributed by atoms with Crippen molar-refractivity contribution < 1.29 is 0 Å². The number of benzene rings is 8. The van der Waals surface area contributed by atoms with E-state index in [0.29, 0.717) is 0 Å². The van der Waals surface area contributed by atoms with Crippen LogP contribution in [0.25, 0.3) is 77.2 Å². The van der Waals surface area contributed by atoms with Crippen LogP contribution in [0, 0.1) is 0 Å². The van der Waals surface area contributed by atoms with Crippen molar-refractivity contribution in [3.05, 3.63) is 182 Å². The molecule has 0 unspecified atom stereocenters. The van der Waals surface area contributed by atoms with Crippen LogP contribution in [0.2, 0.25) is 0 Å². The summed E-state index contributed by atoms with van der Waals surface area (Å²) in [5.74, 6) is 0. The van der Waals surface area contributed by atoms with Gasteiger partial charge in [0.2, 0.25) is 0 Å². The maximum absolute atomic E-state index is 2.28. The average Bonchev–Trinajstić information content (AvgIpc) is 3.11. The van der Waals surface area contributed by atoms with E-state index in [4.69, 9.17) is 0 Å². The molecule has 0 spiro atoms. The highest BCUT2D eigenvalue weighted by atomic mass is 14.2. The molecule has 206 valence electrons. The standard InChI is InChI=1S/C44H30/c1-3-11-31(12-4-1)33-19-21-35(22-20-33)36-25-29-38(30-26-36)44-41-17-9-7-15-39(41)43(40-16-8-10-18-42(40)44)37-27-23-34(24-28-37)32-13-5-2-6-14-32/h1-30H. The zero-order valence-corrected chi connectivity index (χ0v) is 24.3. The Labute approximate surface area is 258 Å². The van der Waals surface area contributed by atoms with Crippen molar-refractivity contribution >= 4 is 21.5 Å². The zero-order valence-electron chi connectivity index (χ0n) is 24.3. The summed E-state index contributed by atoms with van der Waals surface area (Å²) >= 11 is 0. The Hall–Kier alpha value is -5.72. The van der Waals surface area contributed by atoms with Gasteiger partial charge in [-0.15, -0.1) is 0 Å². The molecule has 0 atom stereocenters. The largest absolute Gasteiger partial charge is 0.0622 e. The van der Waals surface area contributed by atoms with E-state index in [2.05, 4.69) is 182 Å². The molecule has 44 heavy (non-hydrogen) atoms. The molecule has 0 nitrogen and oxygen atoms in total. The fraction of sp³-hybridized carbons (Fsp3) is 0. The highest BCUT2D eigenvalue weighted by Crippen LogP contribution is 2.44. The molecule has 0 heterocycles. The van der Waals surface area contributed by atoms with Crippen molar-refractivity contribution in [1.29, 1.82) is 0 Å². The van der Waals surface area contributed by atoms with Crippen LogP contribution in [0.5, 0.6) is 0 Å². The van der Waals surface area contributed by atoms with Crippen LogP contribution < -0.4 is 0 Å². The molecular formula is C44H30. The zero-order chi connectivity index (χ0) is 29.3. The Bertz CT molecular complexity index is 2150. The van der Waals surface area contributed by atoms with Crippen LogP contribution in [0.3, 0.4) is 0 Å². The molecule has 0 aliphatic rings. The summed E-state index contributed by atoms with van der Waals surface area (Å²) in [6.45, 7) is 0. The summed E-state index contributed by atoms with van der Waals surface area (Å²) in [6.07, 6.45) is 0. The first-order valence-electron chi connectivity index (χ1n) is 15.2. The third kappa shape index (κ3) is 4.68. The van der Waals surface area contributed by atoms with Crippen molar-refractivity contribution in [3.8, 4) is 55.6 Å². The van der Waals surface area contributed by atoms with Crippen molar-refractivity contribution in [2.24, 2.45) is 0 Å². The van der Waals surface area contributed by atoms with Crippen molar-refractivity contribution in [3.63, 3.8) is 0 Å².